The maximum Gasteiger partial charge on any atom is 0.221 e. The Labute approximate surface area is 118 Å². The quantitative estimate of drug-likeness (QED) is 0.877. The minimum absolute atomic E-state index is 0.106. The Morgan fingerprint density at radius 1 is 1.20 bits per heavy atom. The van der Waals surface area contributed by atoms with Crippen LogP contribution < -0.4 is 15.4 Å². The van der Waals surface area contributed by atoms with Crippen molar-refractivity contribution in [3.8, 4) is 5.75 Å². The first-order chi connectivity index (χ1) is 9.67. The molecule has 0 saturated carbocycles. The van der Waals surface area contributed by atoms with Crippen molar-refractivity contribution in [3.63, 3.8) is 0 Å². The predicted octanol–water partition coefficient (Wildman–Crippen LogP) is 2.66. The summed E-state index contributed by atoms with van der Waals surface area (Å²) in [6.07, 6.45) is 1.62. The Morgan fingerprint density at radius 3 is 2.50 bits per heavy atom. The fourth-order valence-corrected chi connectivity index (χ4v) is 1.71. The van der Waals surface area contributed by atoms with Gasteiger partial charge in [-0.25, -0.2) is 4.98 Å². The molecule has 1 aromatic carbocycles. The van der Waals surface area contributed by atoms with E-state index >= 15 is 0 Å². The molecule has 2 aromatic rings. The van der Waals surface area contributed by atoms with Crippen molar-refractivity contribution in [2.24, 2.45) is 0 Å². The van der Waals surface area contributed by atoms with Crippen molar-refractivity contribution in [2.75, 3.05) is 17.7 Å². The number of anilines is 2. The van der Waals surface area contributed by atoms with E-state index in [1.54, 1.807) is 13.3 Å². The van der Waals surface area contributed by atoms with Crippen molar-refractivity contribution in [1.82, 2.24) is 4.98 Å². The molecule has 0 atom stereocenters. The second-order valence-corrected chi connectivity index (χ2v) is 4.31. The molecule has 0 aliphatic carbocycles. The van der Waals surface area contributed by atoms with E-state index in [1.807, 2.05) is 36.4 Å². The number of nitrogens with zero attached hydrogens (tertiary/aromatic N) is 1. The third kappa shape index (κ3) is 3.98. The van der Waals surface area contributed by atoms with Gasteiger partial charge in [-0.15, -0.1) is 0 Å². The van der Waals surface area contributed by atoms with Crippen LogP contribution in [-0.4, -0.2) is 18.0 Å². The van der Waals surface area contributed by atoms with Crippen LogP contribution in [0.1, 0.15) is 12.5 Å². The largest absolute Gasteiger partial charge is 0.497 e. The van der Waals surface area contributed by atoms with Crippen LogP contribution in [0.3, 0.4) is 0 Å². The van der Waals surface area contributed by atoms with Gasteiger partial charge in [0.15, 0.2) is 0 Å². The predicted molar refractivity (Wildman–Crippen MR) is 78.9 cm³/mol. The summed E-state index contributed by atoms with van der Waals surface area (Å²) in [5, 5.41) is 5.89. The van der Waals surface area contributed by atoms with Crippen LogP contribution in [0.4, 0.5) is 11.5 Å². The highest BCUT2D eigenvalue weighted by Crippen LogP contribution is 2.14. The zero-order chi connectivity index (χ0) is 14.4. The van der Waals surface area contributed by atoms with Crippen LogP contribution >= 0.6 is 0 Å². The third-order valence-electron chi connectivity index (χ3n) is 2.72. The average molecular weight is 271 g/mol. The minimum Gasteiger partial charge on any atom is -0.497 e. The number of methoxy groups -OCH3 is 1. The lowest BCUT2D eigenvalue weighted by atomic mass is 10.2. The van der Waals surface area contributed by atoms with Gasteiger partial charge in [0.25, 0.3) is 0 Å². The van der Waals surface area contributed by atoms with Crippen LogP contribution in [0.25, 0.3) is 0 Å². The van der Waals surface area contributed by atoms with E-state index in [-0.39, 0.29) is 5.91 Å². The number of amides is 1. The molecule has 1 amide bonds. The summed E-state index contributed by atoms with van der Waals surface area (Å²) in [7, 11) is 1.65. The Kier molecular flexibility index (Phi) is 4.55. The topological polar surface area (TPSA) is 63.2 Å². The van der Waals surface area contributed by atoms with E-state index in [0.717, 1.165) is 17.1 Å². The van der Waals surface area contributed by atoms with Crippen molar-refractivity contribution in [1.29, 1.82) is 0 Å². The fourth-order valence-electron chi connectivity index (χ4n) is 1.71. The molecule has 0 aliphatic rings. The molecular formula is C15H17N3O2. The molecule has 2 N–H and O–H groups in total. The van der Waals surface area contributed by atoms with Crippen LogP contribution in [0.5, 0.6) is 5.75 Å². The molecule has 5 heteroatoms. The molecule has 0 aliphatic heterocycles. The van der Waals surface area contributed by atoms with Crippen LogP contribution in [0, 0.1) is 0 Å². The summed E-state index contributed by atoms with van der Waals surface area (Å²) in [4.78, 5) is 15.1. The van der Waals surface area contributed by atoms with Gasteiger partial charge in [-0.3, -0.25) is 4.79 Å². The summed E-state index contributed by atoms with van der Waals surface area (Å²) >= 11 is 0. The summed E-state index contributed by atoms with van der Waals surface area (Å²) in [6.45, 7) is 2.15. The molecule has 0 fully saturated rings. The number of benzene rings is 1. The molecular weight excluding hydrogens is 254 g/mol. The number of aromatic nitrogens is 1. The van der Waals surface area contributed by atoms with Gasteiger partial charge in [-0.2, -0.15) is 0 Å². The number of carbonyl (C=O) groups is 1. The van der Waals surface area contributed by atoms with Crippen molar-refractivity contribution >= 4 is 17.4 Å². The first-order valence-corrected chi connectivity index (χ1v) is 6.28. The maximum atomic E-state index is 10.9. The van der Waals surface area contributed by atoms with Crippen LogP contribution in [0.15, 0.2) is 42.6 Å². The van der Waals surface area contributed by atoms with Gasteiger partial charge < -0.3 is 15.4 Å². The molecule has 0 unspecified atom stereocenters. The van der Waals surface area contributed by atoms with Crippen LogP contribution in [0.2, 0.25) is 0 Å². The number of nitrogens with one attached hydrogen (secondary N) is 2. The van der Waals surface area contributed by atoms with E-state index in [1.165, 1.54) is 6.92 Å². The Balaban J connectivity index is 1.91. The second kappa shape index (κ2) is 6.56. The van der Waals surface area contributed by atoms with Crippen molar-refractivity contribution < 1.29 is 9.53 Å². The normalized spacial score (nSPS) is 9.90. The highest BCUT2D eigenvalue weighted by Gasteiger charge is 1.98. The fraction of sp³-hybridized carbons (Fsp3) is 0.200. The van der Waals surface area contributed by atoms with Crippen molar-refractivity contribution in [3.05, 3.63) is 48.2 Å². The first kappa shape index (κ1) is 13.9. The lowest BCUT2D eigenvalue weighted by molar-refractivity contribution is -0.114. The minimum atomic E-state index is -0.106. The van der Waals surface area contributed by atoms with E-state index in [0.29, 0.717) is 12.2 Å². The summed E-state index contributed by atoms with van der Waals surface area (Å²) in [6, 6.07) is 11.5. The molecule has 5 nitrogen and oxygen atoms in total. The van der Waals surface area contributed by atoms with E-state index in [2.05, 4.69) is 15.6 Å². The van der Waals surface area contributed by atoms with Gasteiger partial charge >= 0.3 is 0 Å². The third-order valence-corrected chi connectivity index (χ3v) is 2.72. The summed E-state index contributed by atoms with van der Waals surface area (Å²) < 4.78 is 5.11. The monoisotopic (exact) mass is 271 g/mol. The number of carbonyl (C=O) groups excluding carboxylic acids is 1. The van der Waals surface area contributed by atoms with E-state index in [4.69, 9.17) is 4.74 Å². The van der Waals surface area contributed by atoms with Gasteiger partial charge in [-0.1, -0.05) is 12.1 Å². The molecule has 104 valence electrons. The number of ether oxygens (including phenoxy) is 1. The van der Waals surface area contributed by atoms with Crippen molar-refractivity contribution in [2.45, 2.75) is 13.5 Å². The molecule has 0 spiro atoms. The molecule has 1 heterocycles. The number of rotatable bonds is 5. The standard InChI is InChI=1S/C15H17N3O2/c1-11(19)18-13-5-8-15(17-10-13)16-9-12-3-6-14(20-2)7-4-12/h3-8,10H,9H2,1-2H3,(H,16,17)(H,18,19). The number of hydrogen-bond donors (Lipinski definition) is 2. The van der Waals surface area contributed by atoms with Crippen LogP contribution in [-0.2, 0) is 11.3 Å². The van der Waals surface area contributed by atoms with Gasteiger partial charge in [0.2, 0.25) is 5.91 Å². The highest BCUT2D eigenvalue weighted by atomic mass is 16.5. The maximum absolute atomic E-state index is 10.9. The zero-order valence-corrected chi connectivity index (χ0v) is 11.5. The summed E-state index contributed by atoms with van der Waals surface area (Å²) in [5.74, 6) is 1.49. The molecule has 1 aromatic heterocycles. The Hall–Kier alpha value is -2.56. The van der Waals surface area contributed by atoms with Gasteiger partial charge in [0.1, 0.15) is 11.6 Å². The molecule has 0 bridgehead atoms. The van der Waals surface area contributed by atoms with E-state index in [9.17, 15) is 4.79 Å². The number of hydrogen-bond acceptors (Lipinski definition) is 4. The number of pyridine rings is 1. The molecule has 0 radical (unpaired) electrons. The smallest absolute Gasteiger partial charge is 0.221 e. The van der Waals surface area contributed by atoms with E-state index < -0.39 is 0 Å². The Bertz CT molecular complexity index is 565. The molecule has 0 saturated heterocycles. The Morgan fingerprint density at radius 2 is 1.95 bits per heavy atom. The SMILES string of the molecule is COc1ccc(CNc2ccc(NC(C)=O)cn2)cc1. The first-order valence-electron chi connectivity index (χ1n) is 6.28. The van der Waals surface area contributed by atoms with Gasteiger partial charge in [0.05, 0.1) is 19.0 Å². The molecule has 20 heavy (non-hydrogen) atoms. The average Bonchev–Trinajstić information content (AvgIpc) is 2.46. The second-order valence-electron chi connectivity index (χ2n) is 4.31. The lowest BCUT2D eigenvalue weighted by Gasteiger charge is -2.07. The summed E-state index contributed by atoms with van der Waals surface area (Å²) in [5.41, 5.74) is 1.83. The van der Waals surface area contributed by atoms with Gasteiger partial charge in [-0.05, 0) is 29.8 Å². The van der Waals surface area contributed by atoms with Gasteiger partial charge in [0, 0.05) is 13.5 Å². The lowest BCUT2D eigenvalue weighted by Crippen LogP contribution is -2.06. The molecule has 2 rings (SSSR count). The zero-order valence-electron chi connectivity index (χ0n) is 11.5. The highest BCUT2D eigenvalue weighted by molar-refractivity contribution is 5.88.